The third-order valence-electron chi connectivity index (χ3n) is 3.92. The summed E-state index contributed by atoms with van der Waals surface area (Å²) in [4.78, 5) is 33.9. The van der Waals surface area contributed by atoms with E-state index in [0.717, 1.165) is 32.8 Å². The summed E-state index contributed by atoms with van der Waals surface area (Å²) in [5, 5.41) is 0.815. The Hall–Kier alpha value is -2.93. The Kier molecular flexibility index (Phi) is 3.24. The van der Waals surface area contributed by atoms with Crippen molar-refractivity contribution in [3.8, 4) is 17.0 Å². The zero-order chi connectivity index (χ0) is 16.8. The maximum Gasteiger partial charge on any atom is 0.326 e. The maximum absolute atomic E-state index is 12.0. The fourth-order valence-electron chi connectivity index (χ4n) is 2.78. The number of methoxy groups -OCH3 is 1. The molecule has 2 N–H and O–H groups in total. The van der Waals surface area contributed by atoms with Crippen LogP contribution in [-0.2, 0) is 0 Å². The van der Waals surface area contributed by atoms with Crippen molar-refractivity contribution in [3.05, 3.63) is 56.7 Å². The lowest BCUT2D eigenvalue weighted by molar-refractivity contribution is 0.415. The van der Waals surface area contributed by atoms with E-state index in [-0.39, 0.29) is 5.56 Å². The predicted molar refractivity (Wildman–Crippen MR) is 95.1 cm³/mol. The van der Waals surface area contributed by atoms with Gasteiger partial charge in [0, 0.05) is 10.9 Å². The van der Waals surface area contributed by atoms with Crippen molar-refractivity contribution in [1.82, 2.24) is 15.0 Å². The number of aryl methyl sites for hydroxylation is 1. The summed E-state index contributed by atoms with van der Waals surface area (Å²) in [6.07, 6.45) is 0. The Balaban J connectivity index is 2.00. The largest absolute Gasteiger partial charge is 0.497 e. The van der Waals surface area contributed by atoms with Crippen LogP contribution >= 0.6 is 11.3 Å². The lowest BCUT2D eigenvalue weighted by Crippen LogP contribution is -2.20. The summed E-state index contributed by atoms with van der Waals surface area (Å²) in [7, 11) is 1.62. The fourth-order valence-corrected chi connectivity index (χ4v) is 3.88. The van der Waals surface area contributed by atoms with Gasteiger partial charge in [0.25, 0.3) is 5.56 Å². The van der Waals surface area contributed by atoms with Crippen LogP contribution < -0.4 is 16.0 Å². The average molecular weight is 339 g/mol. The number of rotatable bonds is 2. The first-order valence-corrected chi connectivity index (χ1v) is 8.09. The van der Waals surface area contributed by atoms with Gasteiger partial charge in [0.1, 0.15) is 15.3 Å². The number of pyridine rings is 1. The fraction of sp³-hybridized carbons (Fsp3) is 0.118. The van der Waals surface area contributed by atoms with Crippen LogP contribution in [0.25, 0.3) is 31.7 Å². The second kappa shape index (κ2) is 5.31. The number of nitrogens with zero attached hydrogens (tertiary/aromatic N) is 1. The number of aromatic nitrogens is 3. The number of hydrogen-bond donors (Lipinski definition) is 2. The molecule has 0 atom stereocenters. The van der Waals surface area contributed by atoms with E-state index >= 15 is 0 Å². The third-order valence-corrected chi connectivity index (χ3v) is 5.00. The van der Waals surface area contributed by atoms with Gasteiger partial charge in [0.2, 0.25) is 0 Å². The van der Waals surface area contributed by atoms with Crippen LogP contribution in [0, 0.1) is 6.92 Å². The van der Waals surface area contributed by atoms with Gasteiger partial charge in [-0.25, -0.2) is 9.78 Å². The van der Waals surface area contributed by atoms with Gasteiger partial charge in [-0.05, 0) is 42.8 Å². The van der Waals surface area contributed by atoms with E-state index in [1.54, 1.807) is 7.11 Å². The van der Waals surface area contributed by atoms with Gasteiger partial charge < -0.3 is 9.72 Å². The summed E-state index contributed by atoms with van der Waals surface area (Å²) >= 11 is 1.28. The predicted octanol–water partition coefficient (Wildman–Crippen LogP) is 2.81. The summed E-state index contributed by atoms with van der Waals surface area (Å²) in [6, 6.07) is 9.59. The Bertz CT molecular complexity index is 1190. The van der Waals surface area contributed by atoms with E-state index in [9.17, 15) is 9.59 Å². The Morgan fingerprint density at radius 2 is 1.88 bits per heavy atom. The molecule has 0 unspecified atom stereocenters. The van der Waals surface area contributed by atoms with Gasteiger partial charge in [-0.15, -0.1) is 11.3 Å². The van der Waals surface area contributed by atoms with E-state index in [1.165, 1.54) is 11.3 Å². The lowest BCUT2D eigenvalue weighted by atomic mass is 10.1. The molecule has 1 aromatic carbocycles. The summed E-state index contributed by atoms with van der Waals surface area (Å²) in [5.74, 6) is 0.780. The number of fused-ring (bicyclic) bond motifs is 3. The van der Waals surface area contributed by atoms with Crippen LogP contribution in [-0.4, -0.2) is 22.1 Å². The third kappa shape index (κ3) is 2.21. The molecule has 3 heterocycles. The van der Waals surface area contributed by atoms with E-state index < -0.39 is 5.69 Å². The molecule has 7 heteroatoms. The highest BCUT2D eigenvalue weighted by molar-refractivity contribution is 7.25. The van der Waals surface area contributed by atoms with Gasteiger partial charge in [-0.1, -0.05) is 0 Å². The van der Waals surface area contributed by atoms with E-state index in [2.05, 4.69) is 15.0 Å². The lowest BCUT2D eigenvalue weighted by Gasteiger charge is -2.05. The molecule has 0 aliphatic carbocycles. The molecular weight excluding hydrogens is 326 g/mol. The number of aromatic amines is 2. The van der Waals surface area contributed by atoms with Gasteiger partial charge >= 0.3 is 5.69 Å². The molecule has 120 valence electrons. The number of benzene rings is 1. The van der Waals surface area contributed by atoms with Gasteiger partial charge in [-0.2, -0.15) is 0 Å². The molecule has 0 saturated carbocycles. The van der Waals surface area contributed by atoms with Crippen LogP contribution in [0.1, 0.15) is 5.56 Å². The zero-order valence-electron chi connectivity index (χ0n) is 13.0. The molecule has 0 fully saturated rings. The molecule has 0 amide bonds. The normalized spacial score (nSPS) is 11.2. The number of thiophene rings is 1. The minimum absolute atomic E-state index is 0.387. The molecule has 0 bridgehead atoms. The standard InChI is InChI=1S/C17H13N3O3S/c1-8-7-11(9-3-5-10(23-2)6-4-9)18-16-12(8)13-14(24-16)15(21)20-17(22)19-13/h3-7H,1-2H3,(H2,19,20,21,22). The van der Waals surface area contributed by atoms with E-state index in [0.29, 0.717) is 10.2 Å². The van der Waals surface area contributed by atoms with Crippen molar-refractivity contribution < 1.29 is 4.74 Å². The minimum Gasteiger partial charge on any atom is -0.497 e. The highest BCUT2D eigenvalue weighted by Gasteiger charge is 2.14. The number of nitrogens with one attached hydrogen (secondary N) is 2. The van der Waals surface area contributed by atoms with Crippen LogP contribution in [0.3, 0.4) is 0 Å². The van der Waals surface area contributed by atoms with Crippen molar-refractivity contribution in [2.75, 3.05) is 7.11 Å². The topological polar surface area (TPSA) is 87.8 Å². The van der Waals surface area contributed by atoms with Crippen molar-refractivity contribution in [2.24, 2.45) is 0 Å². The summed E-state index contributed by atoms with van der Waals surface area (Å²) in [5.41, 5.74) is 2.38. The molecule has 3 aromatic heterocycles. The van der Waals surface area contributed by atoms with Crippen molar-refractivity contribution in [1.29, 1.82) is 0 Å². The Morgan fingerprint density at radius 1 is 1.12 bits per heavy atom. The smallest absolute Gasteiger partial charge is 0.326 e. The van der Waals surface area contributed by atoms with Gasteiger partial charge in [0.15, 0.2) is 0 Å². The molecule has 0 spiro atoms. The first-order chi connectivity index (χ1) is 11.6. The number of hydrogen-bond acceptors (Lipinski definition) is 5. The van der Waals surface area contributed by atoms with E-state index in [1.807, 2.05) is 37.3 Å². The first kappa shape index (κ1) is 14.6. The second-order valence-corrected chi connectivity index (χ2v) is 6.45. The maximum atomic E-state index is 12.0. The Morgan fingerprint density at radius 3 is 2.58 bits per heavy atom. The highest BCUT2D eigenvalue weighted by atomic mass is 32.1. The molecule has 4 rings (SSSR count). The molecular formula is C17H13N3O3S. The molecule has 0 radical (unpaired) electrons. The molecule has 24 heavy (non-hydrogen) atoms. The molecule has 0 aliphatic rings. The second-order valence-electron chi connectivity index (χ2n) is 5.45. The Labute approximate surface area is 139 Å². The molecule has 6 nitrogen and oxygen atoms in total. The molecule has 4 aromatic rings. The summed E-state index contributed by atoms with van der Waals surface area (Å²) < 4.78 is 5.65. The number of ether oxygens (including phenoxy) is 1. The first-order valence-electron chi connectivity index (χ1n) is 7.27. The van der Waals surface area contributed by atoms with Crippen molar-refractivity contribution >= 4 is 31.8 Å². The SMILES string of the molecule is COc1ccc(-c2cc(C)c3c(n2)sc2c(=O)[nH]c(=O)[nH]c23)cc1. The monoisotopic (exact) mass is 339 g/mol. The van der Waals surface area contributed by atoms with Crippen LogP contribution in [0.2, 0.25) is 0 Å². The van der Waals surface area contributed by atoms with Gasteiger partial charge in [-0.3, -0.25) is 9.78 Å². The quantitative estimate of drug-likeness (QED) is 0.588. The highest BCUT2D eigenvalue weighted by Crippen LogP contribution is 2.33. The molecule has 0 saturated heterocycles. The van der Waals surface area contributed by atoms with Crippen LogP contribution in [0.15, 0.2) is 39.9 Å². The average Bonchev–Trinajstić information content (AvgIpc) is 2.94. The summed E-state index contributed by atoms with van der Waals surface area (Å²) in [6.45, 7) is 1.95. The number of H-pyrrole nitrogens is 2. The van der Waals surface area contributed by atoms with Gasteiger partial charge in [0.05, 0.1) is 18.3 Å². The van der Waals surface area contributed by atoms with E-state index in [4.69, 9.17) is 4.74 Å². The van der Waals surface area contributed by atoms with Crippen molar-refractivity contribution in [2.45, 2.75) is 6.92 Å². The van der Waals surface area contributed by atoms with Crippen LogP contribution in [0.5, 0.6) is 5.75 Å². The van der Waals surface area contributed by atoms with Crippen LogP contribution in [0.4, 0.5) is 0 Å². The minimum atomic E-state index is -0.508. The zero-order valence-corrected chi connectivity index (χ0v) is 13.8. The molecule has 0 aliphatic heterocycles. The van der Waals surface area contributed by atoms with Crippen molar-refractivity contribution in [3.63, 3.8) is 0 Å².